The van der Waals surface area contributed by atoms with Crippen LogP contribution in [-0.2, 0) is 9.53 Å². The van der Waals surface area contributed by atoms with E-state index in [1.54, 1.807) is 18.7 Å². The highest BCUT2D eigenvalue weighted by Gasteiger charge is 2.28. The topological polar surface area (TPSA) is 61.9 Å². The second-order valence-electron chi connectivity index (χ2n) is 5.52. The molecule has 0 unspecified atom stereocenters. The number of carbonyl (C=O) groups excluding carboxylic acids is 2. The molecule has 1 saturated heterocycles. The van der Waals surface area contributed by atoms with Gasteiger partial charge >= 0.3 is 6.09 Å². The molecule has 1 aromatic rings. The molecule has 132 valence electrons. The fourth-order valence-corrected chi connectivity index (χ4v) is 2.67. The third-order valence-corrected chi connectivity index (χ3v) is 4.24. The minimum atomic E-state index is -0.530. The van der Waals surface area contributed by atoms with Gasteiger partial charge in [0.15, 0.2) is 0 Å². The first kappa shape index (κ1) is 18.5. The number of hydrogen-bond donors (Lipinski definition) is 1. The molecule has 2 rings (SSSR count). The van der Waals surface area contributed by atoms with E-state index in [1.165, 1.54) is 18.2 Å². The maximum Gasteiger partial charge on any atom is 0.409 e. The Balaban J connectivity index is 1.87. The molecular formula is C16H21ClFN3O3. The molecule has 0 saturated carbocycles. The molecule has 2 amide bonds. The van der Waals surface area contributed by atoms with Gasteiger partial charge in [-0.05, 0) is 32.0 Å². The summed E-state index contributed by atoms with van der Waals surface area (Å²) in [5.41, 5.74) is 0.448. The molecule has 0 aliphatic carbocycles. The minimum absolute atomic E-state index is 0.0384. The number of amides is 2. The van der Waals surface area contributed by atoms with Gasteiger partial charge in [0.2, 0.25) is 5.91 Å². The average Bonchev–Trinajstić information content (AvgIpc) is 2.58. The average molecular weight is 358 g/mol. The monoisotopic (exact) mass is 357 g/mol. The minimum Gasteiger partial charge on any atom is -0.450 e. The molecule has 1 heterocycles. The predicted octanol–water partition coefficient (Wildman–Crippen LogP) is 2.58. The molecular weight excluding hydrogens is 337 g/mol. The Morgan fingerprint density at radius 1 is 1.33 bits per heavy atom. The zero-order valence-electron chi connectivity index (χ0n) is 13.7. The molecule has 8 heteroatoms. The van der Waals surface area contributed by atoms with E-state index in [2.05, 4.69) is 5.32 Å². The van der Waals surface area contributed by atoms with E-state index in [-0.39, 0.29) is 23.1 Å². The van der Waals surface area contributed by atoms with Crippen molar-refractivity contribution < 1.29 is 18.7 Å². The van der Waals surface area contributed by atoms with E-state index in [9.17, 15) is 14.0 Å². The van der Waals surface area contributed by atoms with Crippen LogP contribution in [0.2, 0.25) is 5.02 Å². The lowest BCUT2D eigenvalue weighted by molar-refractivity contribution is -0.121. The molecule has 0 radical (unpaired) electrons. The first-order valence-corrected chi connectivity index (χ1v) is 8.21. The standard InChI is InChI=1S/C16H21ClFN3O3/c1-3-24-16(23)21-8-6-20(7-9-21)11(2)15(22)19-12-4-5-14(18)13(17)10-12/h4-5,10-11H,3,6-9H2,1-2H3,(H,19,22)/t11-/m1/s1. The molecule has 6 nitrogen and oxygen atoms in total. The van der Waals surface area contributed by atoms with Crippen molar-refractivity contribution in [3.63, 3.8) is 0 Å². The Morgan fingerprint density at radius 2 is 2.00 bits per heavy atom. The van der Waals surface area contributed by atoms with Gasteiger partial charge in [0.1, 0.15) is 5.82 Å². The van der Waals surface area contributed by atoms with Crippen molar-refractivity contribution in [2.75, 3.05) is 38.1 Å². The highest BCUT2D eigenvalue weighted by molar-refractivity contribution is 6.31. The van der Waals surface area contributed by atoms with Crippen LogP contribution in [0.3, 0.4) is 0 Å². The summed E-state index contributed by atoms with van der Waals surface area (Å²) in [7, 11) is 0. The van der Waals surface area contributed by atoms with E-state index in [0.717, 1.165) is 0 Å². The van der Waals surface area contributed by atoms with Gasteiger partial charge in [-0.1, -0.05) is 11.6 Å². The SMILES string of the molecule is CCOC(=O)N1CCN([C@H](C)C(=O)Nc2ccc(F)c(Cl)c2)CC1. The molecule has 1 aliphatic heterocycles. The Hall–Kier alpha value is -1.86. The van der Waals surface area contributed by atoms with Crippen LogP contribution in [-0.4, -0.2) is 60.6 Å². The first-order valence-electron chi connectivity index (χ1n) is 7.84. The molecule has 0 aromatic heterocycles. The molecule has 0 spiro atoms. The van der Waals surface area contributed by atoms with Crippen LogP contribution in [0.5, 0.6) is 0 Å². The second-order valence-corrected chi connectivity index (χ2v) is 5.92. The van der Waals surface area contributed by atoms with Gasteiger partial charge in [-0.2, -0.15) is 0 Å². The van der Waals surface area contributed by atoms with Crippen LogP contribution >= 0.6 is 11.6 Å². The van der Waals surface area contributed by atoms with Crippen molar-refractivity contribution >= 4 is 29.3 Å². The van der Waals surface area contributed by atoms with Gasteiger partial charge in [0.05, 0.1) is 17.7 Å². The van der Waals surface area contributed by atoms with E-state index in [1.807, 2.05) is 4.90 Å². The fraction of sp³-hybridized carbons (Fsp3) is 0.500. The molecule has 0 bridgehead atoms. The summed E-state index contributed by atoms with van der Waals surface area (Å²) in [5, 5.41) is 2.69. The van der Waals surface area contributed by atoms with E-state index in [0.29, 0.717) is 38.5 Å². The van der Waals surface area contributed by atoms with E-state index in [4.69, 9.17) is 16.3 Å². The number of hydrogen-bond acceptors (Lipinski definition) is 4. The third-order valence-electron chi connectivity index (χ3n) is 3.95. The van der Waals surface area contributed by atoms with Gasteiger partial charge in [-0.25, -0.2) is 9.18 Å². The Labute approximate surface area is 145 Å². The van der Waals surface area contributed by atoms with Crippen LogP contribution < -0.4 is 5.32 Å². The van der Waals surface area contributed by atoms with Gasteiger partial charge in [0.25, 0.3) is 0 Å². The molecule has 1 atom stereocenters. The smallest absolute Gasteiger partial charge is 0.409 e. The molecule has 1 aromatic carbocycles. The quantitative estimate of drug-likeness (QED) is 0.899. The van der Waals surface area contributed by atoms with Gasteiger partial charge in [-0.3, -0.25) is 9.69 Å². The number of nitrogens with one attached hydrogen (secondary N) is 1. The molecule has 1 N–H and O–H groups in total. The summed E-state index contributed by atoms with van der Waals surface area (Å²) >= 11 is 5.71. The Bertz CT molecular complexity index is 606. The number of ether oxygens (including phenoxy) is 1. The van der Waals surface area contributed by atoms with Crippen LogP contribution in [0.4, 0.5) is 14.9 Å². The lowest BCUT2D eigenvalue weighted by atomic mass is 10.2. The van der Waals surface area contributed by atoms with E-state index >= 15 is 0 Å². The number of halogens is 2. The Kier molecular flexibility index (Phi) is 6.39. The third kappa shape index (κ3) is 4.58. The van der Waals surface area contributed by atoms with Gasteiger partial charge in [-0.15, -0.1) is 0 Å². The lowest BCUT2D eigenvalue weighted by Crippen LogP contribution is -2.54. The normalized spacial score (nSPS) is 16.6. The summed E-state index contributed by atoms with van der Waals surface area (Å²) in [6.07, 6.45) is -0.324. The molecule has 1 fully saturated rings. The maximum absolute atomic E-state index is 13.1. The van der Waals surface area contributed by atoms with E-state index < -0.39 is 5.82 Å². The van der Waals surface area contributed by atoms with Crippen molar-refractivity contribution in [3.8, 4) is 0 Å². The number of anilines is 1. The molecule has 24 heavy (non-hydrogen) atoms. The number of piperazine rings is 1. The second kappa shape index (κ2) is 8.30. The van der Waals surface area contributed by atoms with Crippen LogP contribution in [0, 0.1) is 5.82 Å². The number of carbonyl (C=O) groups is 2. The van der Waals surface area contributed by atoms with Crippen LogP contribution in [0.1, 0.15) is 13.8 Å². The largest absolute Gasteiger partial charge is 0.450 e. The summed E-state index contributed by atoms with van der Waals surface area (Å²) in [4.78, 5) is 27.6. The summed E-state index contributed by atoms with van der Waals surface area (Å²) in [5.74, 6) is -0.736. The van der Waals surface area contributed by atoms with Gasteiger partial charge in [0, 0.05) is 31.9 Å². The van der Waals surface area contributed by atoms with Crippen molar-refractivity contribution in [2.24, 2.45) is 0 Å². The fourth-order valence-electron chi connectivity index (χ4n) is 2.49. The van der Waals surface area contributed by atoms with Crippen molar-refractivity contribution in [2.45, 2.75) is 19.9 Å². The maximum atomic E-state index is 13.1. The summed E-state index contributed by atoms with van der Waals surface area (Å²) in [6.45, 7) is 6.09. The van der Waals surface area contributed by atoms with Crippen molar-refractivity contribution in [1.29, 1.82) is 0 Å². The number of nitrogens with zero attached hydrogens (tertiary/aromatic N) is 2. The number of rotatable bonds is 4. The van der Waals surface area contributed by atoms with Crippen LogP contribution in [0.25, 0.3) is 0 Å². The number of benzene rings is 1. The van der Waals surface area contributed by atoms with Gasteiger partial charge < -0.3 is 15.0 Å². The zero-order valence-corrected chi connectivity index (χ0v) is 14.5. The predicted molar refractivity (Wildman–Crippen MR) is 89.7 cm³/mol. The lowest BCUT2D eigenvalue weighted by Gasteiger charge is -2.36. The summed E-state index contributed by atoms with van der Waals surface area (Å²) < 4.78 is 18.1. The Morgan fingerprint density at radius 3 is 2.58 bits per heavy atom. The van der Waals surface area contributed by atoms with Crippen molar-refractivity contribution in [3.05, 3.63) is 29.0 Å². The zero-order chi connectivity index (χ0) is 17.7. The first-order chi connectivity index (χ1) is 11.4. The summed E-state index contributed by atoms with van der Waals surface area (Å²) in [6, 6.07) is 3.67. The highest BCUT2D eigenvalue weighted by Crippen LogP contribution is 2.20. The van der Waals surface area contributed by atoms with Crippen LogP contribution in [0.15, 0.2) is 18.2 Å². The molecule has 1 aliphatic rings. The highest BCUT2D eigenvalue weighted by atomic mass is 35.5. The van der Waals surface area contributed by atoms with Crippen molar-refractivity contribution in [1.82, 2.24) is 9.80 Å².